The number of nitrogens with two attached hydrogens (primary N) is 1. The maximum Gasteiger partial charge on any atom is 0.416 e. The summed E-state index contributed by atoms with van der Waals surface area (Å²) in [6.45, 7) is 2.76. The fourth-order valence-electron chi connectivity index (χ4n) is 4.44. The van der Waals surface area contributed by atoms with E-state index in [1.54, 1.807) is 48.1 Å². The fraction of sp³-hybridized carbons (Fsp3) is 0.276. The summed E-state index contributed by atoms with van der Waals surface area (Å²) >= 11 is 0. The van der Waals surface area contributed by atoms with Crippen LogP contribution in [0.1, 0.15) is 28.0 Å². The first-order valence-electron chi connectivity index (χ1n) is 12.7. The number of nitrogen functional groups attached to an aromatic ring is 1. The number of anilines is 1. The van der Waals surface area contributed by atoms with Crippen LogP contribution in [0.5, 0.6) is 0 Å². The normalized spacial score (nSPS) is 12.0. The molecule has 210 valence electrons. The highest BCUT2D eigenvalue weighted by atomic mass is 19.4. The molecule has 0 fully saturated rings. The van der Waals surface area contributed by atoms with E-state index in [2.05, 4.69) is 10.4 Å². The van der Waals surface area contributed by atoms with E-state index in [0.29, 0.717) is 45.8 Å². The minimum Gasteiger partial charge on any atom is -0.399 e. The van der Waals surface area contributed by atoms with Crippen molar-refractivity contribution in [2.75, 3.05) is 40.0 Å². The van der Waals surface area contributed by atoms with Crippen LogP contribution in [0.25, 0.3) is 22.6 Å². The molecule has 11 heteroatoms. The third-order valence-corrected chi connectivity index (χ3v) is 6.47. The number of rotatable bonds is 8. The van der Waals surface area contributed by atoms with E-state index >= 15 is 0 Å². The molecule has 0 saturated carbocycles. The van der Waals surface area contributed by atoms with Crippen molar-refractivity contribution in [3.05, 3.63) is 94.0 Å². The first kappa shape index (κ1) is 28.6. The Kier molecular flexibility index (Phi) is 7.88. The molecular weight excluding hydrogens is 521 g/mol. The van der Waals surface area contributed by atoms with Crippen molar-refractivity contribution in [1.82, 2.24) is 19.7 Å². The predicted molar refractivity (Wildman–Crippen MR) is 149 cm³/mol. The lowest BCUT2D eigenvalue weighted by molar-refractivity contribution is -0.870. The Balaban J connectivity index is 1.87. The number of quaternary nitrogens is 1. The molecule has 0 aliphatic carbocycles. The molecule has 8 nitrogen and oxygen atoms in total. The molecule has 1 amide bonds. The zero-order chi connectivity index (χ0) is 29.2. The standard InChI is InChI=1S/C29H31F3N6O2/c1-19-24(26-13-15-35-37(26)22-11-9-21(33)10-12-22)18-25(27(39)34-14-6-16-38(2,3)4)28(40)36(19)23-8-5-7-20(17-23)29(30,31)32/h5,7-13,15,17-18H,6,14,16,33H2,1-4H3/p+1. The minimum absolute atomic E-state index is 0.00296. The van der Waals surface area contributed by atoms with Crippen LogP contribution in [0, 0.1) is 6.92 Å². The molecular formula is C29H32F3N6O2+. The Labute approximate surface area is 230 Å². The number of halogens is 3. The number of nitrogens with zero attached hydrogens (tertiary/aromatic N) is 4. The van der Waals surface area contributed by atoms with Crippen molar-refractivity contribution in [3.63, 3.8) is 0 Å². The number of hydrogen-bond acceptors (Lipinski definition) is 4. The number of carbonyl (C=O) groups is 1. The number of pyridine rings is 1. The van der Waals surface area contributed by atoms with E-state index < -0.39 is 23.2 Å². The number of aromatic nitrogens is 3. The first-order valence-corrected chi connectivity index (χ1v) is 12.7. The minimum atomic E-state index is -4.61. The summed E-state index contributed by atoms with van der Waals surface area (Å²) in [5, 5.41) is 7.19. The van der Waals surface area contributed by atoms with E-state index in [9.17, 15) is 22.8 Å². The lowest BCUT2D eigenvalue weighted by Crippen LogP contribution is -2.38. The van der Waals surface area contributed by atoms with Gasteiger partial charge in [-0.15, -0.1) is 0 Å². The van der Waals surface area contributed by atoms with Gasteiger partial charge >= 0.3 is 6.18 Å². The van der Waals surface area contributed by atoms with Gasteiger partial charge in [0.05, 0.1) is 50.8 Å². The molecule has 2 heterocycles. The summed E-state index contributed by atoms with van der Waals surface area (Å²) in [6.07, 6.45) is -2.36. The summed E-state index contributed by atoms with van der Waals surface area (Å²) in [4.78, 5) is 27.0. The molecule has 2 aromatic heterocycles. The molecule has 4 aromatic rings. The Bertz CT molecular complexity index is 1580. The van der Waals surface area contributed by atoms with Gasteiger partial charge < -0.3 is 15.5 Å². The lowest BCUT2D eigenvalue weighted by atomic mass is 10.0. The Morgan fingerprint density at radius 2 is 1.73 bits per heavy atom. The molecule has 0 bridgehead atoms. The summed E-state index contributed by atoms with van der Waals surface area (Å²) in [5.41, 5.74) is 6.62. The van der Waals surface area contributed by atoms with Crippen molar-refractivity contribution >= 4 is 11.6 Å². The second-order valence-electron chi connectivity index (χ2n) is 10.6. The first-order chi connectivity index (χ1) is 18.8. The van der Waals surface area contributed by atoms with E-state index in [-0.39, 0.29) is 11.3 Å². The van der Waals surface area contributed by atoms with Gasteiger partial charge in [-0.2, -0.15) is 18.3 Å². The van der Waals surface area contributed by atoms with E-state index in [4.69, 9.17) is 5.73 Å². The van der Waals surface area contributed by atoms with Gasteiger partial charge in [0, 0.05) is 35.6 Å². The molecule has 4 rings (SSSR count). The van der Waals surface area contributed by atoms with Gasteiger partial charge in [-0.3, -0.25) is 14.2 Å². The molecule has 0 spiro atoms. The fourth-order valence-corrected chi connectivity index (χ4v) is 4.44. The molecule has 0 atom stereocenters. The highest BCUT2D eigenvalue weighted by Gasteiger charge is 2.31. The Hall–Kier alpha value is -4.38. The highest BCUT2D eigenvalue weighted by molar-refractivity contribution is 5.95. The van der Waals surface area contributed by atoms with Crippen LogP contribution in [0.4, 0.5) is 18.9 Å². The maximum absolute atomic E-state index is 13.7. The Morgan fingerprint density at radius 3 is 2.38 bits per heavy atom. The number of alkyl halides is 3. The third kappa shape index (κ3) is 6.26. The summed E-state index contributed by atoms with van der Waals surface area (Å²) < 4.78 is 44.1. The van der Waals surface area contributed by atoms with Gasteiger partial charge in [0.15, 0.2) is 0 Å². The summed E-state index contributed by atoms with van der Waals surface area (Å²) in [6, 6.07) is 14.6. The molecule has 3 N–H and O–H groups in total. The van der Waals surface area contributed by atoms with Gasteiger partial charge in [-0.05, 0) is 61.5 Å². The molecule has 0 aliphatic rings. The predicted octanol–water partition coefficient (Wildman–Crippen LogP) is 4.43. The summed E-state index contributed by atoms with van der Waals surface area (Å²) in [5.74, 6) is -0.605. The van der Waals surface area contributed by atoms with Crippen LogP contribution < -0.4 is 16.6 Å². The molecule has 40 heavy (non-hydrogen) atoms. The van der Waals surface area contributed by atoms with Gasteiger partial charge in [-0.1, -0.05) is 6.07 Å². The van der Waals surface area contributed by atoms with Crippen LogP contribution in [0.2, 0.25) is 0 Å². The average Bonchev–Trinajstić information content (AvgIpc) is 3.36. The molecule has 2 aromatic carbocycles. The van der Waals surface area contributed by atoms with E-state index in [1.165, 1.54) is 18.2 Å². The van der Waals surface area contributed by atoms with E-state index in [0.717, 1.165) is 23.2 Å². The van der Waals surface area contributed by atoms with Gasteiger partial charge in [-0.25, -0.2) is 4.68 Å². The average molecular weight is 554 g/mol. The van der Waals surface area contributed by atoms with Crippen molar-refractivity contribution < 1.29 is 22.4 Å². The van der Waals surface area contributed by atoms with Crippen LogP contribution in [-0.2, 0) is 6.18 Å². The third-order valence-electron chi connectivity index (χ3n) is 6.47. The van der Waals surface area contributed by atoms with Crippen LogP contribution in [0.3, 0.4) is 0 Å². The van der Waals surface area contributed by atoms with Crippen LogP contribution in [0.15, 0.2) is 71.7 Å². The zero-order valence-corrected chi connectivity index (χ0v) is 22.8. The quantitative estimate of drug-likeness (QED) is 0.192. The van der Waals surface area contributed by atoms with Crippen molar-refractivity contribution in [1.29, 1.82) is 0 Å². The molecule has 0 radical (unpaired) electrons. The number of nitrogens with one attached hydrogen (secondary N) is 1. The number of benzene rings is 2. The maximum atomic E-state index is 13.7. The molecule has 0 aliphatic heterocycles. The number of hydrogen-bond donors (Lipinski definition) is 2. The second-order valence-corrected chi connectivity index (χ2v) is 10.6. The largest absolute Gasteiger partial charge is 0.416 e. The molecule has 0 saturated heterocycles. The number of amides is 1. The van der Waals surface area contributed by atoms with Gasteiger partial charge in [0.1, 0.15) is 5.56 Å². The van der Waals surface area contributed by atoms with Crippen LogP contribution >= 0.6 is 0 Å². The van der Waals surface area contributed by atoms with Gasteiger partial charge in [0.2, 0.25) is 0 Å². The lowest BCUT2D eigenvalue weighted by Gasteiger charge is -2.23. The topological polar surface area (TPSA) is 94.9 Å². The van der Waals surface area contributed by atoms with Crippen molar-refractivity contribution in [2.45, 2.75) is 19.5 Å². The number of carbonyl (C=O) groups excluding carboxylic acids is 1. The van der Waals surface area contributed by atoms with Crippen molar-refractivity contribution in [2.24, 2.45) is 0 Å². The SMILES string of the molecule is Cc1c(-c2ccnn2-c2ccc(N)cc2)cc(C(=O)NCCC[N+](C)(C)C)c(=O)n1-c1cccc(C(F)(F)F)c1. The van der Waals surface area contributed by atoms with Crippen LogP contribution in [-0.4, -0.2) is 59.0 Å². The monoisotopic (exact) mass is 553 g/mol. The highest BCUT2D eigenvalue weighted by Crippen LogP contribution is 2.32. The second kappa shape index (κ2) is 11.0. The zero-order valence-electron chi connectivity index (χ0n) is 22.8. The smallest absolute Gasteiger partial charge is 0.399 e. The Morgan fingerprint density at radius 1 is 1.02 bits per heavy atom. The molecule has 0 unspecified atom stereocenters. The van der Waals surface area contributed by atoms with E-state index in [1.807, 2.05) is 21.1 Å². The van der Waals surface area contributed by atoms with Gasteiger partial charge in [0.25, 0.3) is 11.5 Å². The summed E-state index contributed by atoms with van der Waals surface area (Å²) in [7, 11) is 6.10. The van der Waals surface area contributed by atoms with Crippen molar-refractivity contribution in [3.8, 4) is 22.6 Å².